The van der Waals surface area contributed by atoms with Crippen LogP contribution in [0.2, 0.25) is 0 Å². The largest absolute Gasteiger partial charge is 0.481 e. The van der Waals surface area contributed by atoms with Crippen molar-refractivity contribution < 1.29 is 22.7 Å². The molecule has 0 aromatic carbocycles. The number of methoxy groups -OCH3 is 2. The van der Waals surface area contributed by atoms with E-state index in [1.807, 2.05) is 4.72 Å². The lowest BCUT2D eigenvalue weighted by Crippen LogP contribution is -2.36. The van der Waals surface area contributed by atoms with E-state index in [0.29, 0.717) is 12.0 Å². The SMILES string of the molecule is COc1cc(OC)nc(NC(=O)NS(=O)(=O)c2c3c(nn2C)CCCC3)n1. The second-order valence-electron chi connectivity index (χ2n) is 5.90. The number of carbonyl (C=O) groups is 1. The van der Waals surface area contributed by atoms with E-state index in [-0.39, 0.29) is 22.7 Å². The van der Waals surface area contributed by atoms with Crippen molar-refractivity contribution >= 4 is 22.0 Å². The zero-order valence-corrected chi connectivity index (χ0v) is 16.0. The van der Waals surface area contributed by atoms with E-state index in [1.165, 1.54) is 25.0 Å². The van der Waals surface area contributed by atoms with Crippen LogP contribution in [0.1, 0.15) is 24.1 Å². The molecular weight excluding hydrogens is 376 g/mol. The number of aromatic nitrogens is 4. The molecule has 0 saturated heterocycles. The van der Waals surface area contributed by atoms with Gasteiger partial charge in [-0.05, 0) is 25.7 Å². The number of amides is 2. The molecule has 1 aliphatic rings. The van der Waals surface area contributed by atoms with Gasteiger partial charge in [-0.15, -0.1) is 0 Å². The topological polar surface area (TPSA) is 137 Å². The number of ether oxygens (including phenoxy) is 2. The highest BCUT2D eigenvalue weighted by Crippen LogP contribution is 2.26. The van der Waals surface area contributed by atoms with Crippen molar-refractivity contribution in [3.05, 3.63) is 17.3 Å². The average Bonchev–Trinajstić information content (AvgIpc) is 2.97. The fourth-order valence-electron chi connectivity index (χ4n) is 2.95. The van der Waals surface area contributed by atoms with Gasteiger partial charge in [0, 0.05) is 12.6 Å². The number of aryl methyl sites for hydroxylation is 2. The molecule has 0 fully saturated rings. The summed E-state index contributed by atoms with van der Waals surface area (Å²) in [6, 6.07) is 0.415. The predicted molar refractivity (Wildman–Crippen MR) is 94.3 cm³/mol. The molecule has 0 radical (unpaired) electrons. The van der Waals surface area contributed by atoms with Gasteiger partial charge in [-0.2, -0.15) is 23.5 Å². The lowest BCUT2D eigenvalue weighted by Gasteiger charge is -2.13. The fourth-order valence-corrected chi connectivity index (χ4v) is 4.28. The van der Waals surface area contributed by atoms with Crippen LogP contribution >= 0.6 is 0 Å². The second-order valence-corrected chi connectivity index (χ2v) is 7.49. The van der Waals surface area contributed by atoms with E-state index < -0.39 is 16.1 Å². The molecule has 0 saturated carbocycles. The van der Waals surface area contributed by atoms with Crippen molar-refractivity contribution in [2.75, 3.05) is 19.5 Å². The molecule has 1 aliphatic carbocycles. The fraction of sp³-hybridized carbons (Fsp3) is 0.467. The first-order chi connectivity index (χ1) is 12.8. The van der Waals surface area contributed by atoms with Gasteiger partial charge < -0.3 is 9.47 Å². The molecule has 2 heterocycles. The Bertz CT molecular complexity index is 949. The van der Waals surface area contributed by atoms with E-state index in [9.17, 15) is 13.2 Å². The third kappa shape index (κ3) is 3.94. The third-order valence-electron chi connectivity index (χ3n) is 4.07. The van der Waals surface area contributed by atoms with E-state index >= 15 is 0 Å². The first kappa shape index (κ1) is 18.9. The van der Waals surface area contributed by atoms with E-state index in [0.717, 1.165) is 25.0 Å². The normalized spacial score (nSPS) is 13.6. The predicted octanol–water partition coefficient (Wildman–Crippen LogP) is 0.616. The summed E-state index contributed by atoms with van der Waals surface area (Å²) in [6.07, 6.45) is 3.18. The van der Waals surface area contributed by atoms with Crippen LogP contribution in [0.25, 0.3) is 0 Å². The standard InChI is InChI=1S/C15H20N6O5S/c1-21-13(9-6-4-5-7-10(9)19-21)27(23,24)20-15(22)18-14-16-11(25-2)8-12(17-14)26-3/h8H,4-7H2,1-3H3,(H2,16,17,18,20,22). The number of rotatable bonds is 5. The van der Waals surface area contributed by atoms with Crippen LogP contribution in [-0.2, 0) is 29.9 Å². The number of sulfonamides is 1. The Hall–Kier alpha value is -2.89. The molecule has 0 unspecified atom stereocenters. The molecule has 11 nitrogen and oxygen atoms in total. The number of anilines is 1. The van der Waals surface area contributed by atoms with Gasteiger partial charge >= 0.3 is 6.03 Å². The van der Waals surface area contributed by atoms with Gasteiger partial charge in [-0.1, -0.05) is 0 Å². The minimum atomic E-state index is -4.12. The highest BCUT2D eigenvalue weighted by Gasteiger charge is 2.30. The lowest BCUT2D eigenvalue weighted by molar-refractivity contribution is 0.256. The van der Waals surface area contributed by atoms with Gasteiger partial charge in [0.05, 0.1) is 26.0 Å². The zero-order valence-electron chi connectivity index (χ0n) is 15.1. The maximum absolute atomic E-state index is 12.7. The van der Waals surface area contributed by atoms with Crippen molar-refractivity contribution in [1.29, 1.82) is 0 Å². The molecule has 2 aromatic heterocycles. The van der Waals surface area contributed by atoms with E-state index in [4.69, 9.17) is 9.47 Å². The highest BCUT2D eigenvalue weighted by molar-refractivity contribution is 7.90. The quantitative estimate of drug-likeness (QED) is 0.750. The van der Waals surface area contributed by atoms with Gasteiger partial charge in [0.25, 0.3) is 10.0 Å². The van der Waals surface area contributed by atoms with Crippen LogP contribution in [0.15, 0.2) is 11.1 Å². The molecule has 2 aromatic rings. The van der Waals surface area contributed by atoms with Crippen molar-refractivity contribution in [2.24, 2.45) is 7.05 Å². The Morgan fingerprint density at radius 1 is 1.15 bits per heavy atom. The summed E-state index contributed by atoms with van der Waals surface area (Å²) >= 11 is 0. The van der Waals surface area contributed by atoms with Gasteiger partial charge in [0.1, 0.15) is 0 Å². The van der Waals surface area contributed by atoms with E-state index in [2.05, 4.69) is 20.4 Å². The Morgan fingerprint density at radius 3 is 2.41 bits per heavy atom. The molecule has 12 heteroatoms. The Balaban J connectivity index is 1.81. The Labute approximate surface area is 156 Å². The number of urea groups is 1. The average molecular weight is 396 g/mol. The number of hydrogen-bond donors (Lipinski definition) is 2. The molecule has 0 atom stereocenters. The lowest BCUT2D eigenvalue weighted by atomic mass is 9.99. The number of nitrogens with zero attached hydrogens (tertiary/aromatic N) is 4. The van der Waals surface area contributed by atoms with Crippen LogP contribution in [0, 0.1) is 0 Å². The molecule has 0 bridgehead atoms. The summed E-state index contributed by atoms with van der Waals surface area (Å²) in [7, 11) is 0.204. The highest BCUT2D eigenvalue weighted by atomic mass is 32.2. The van der Waals surface area contributed by atoms with Crippen molar-refractivity contribution in [2.45, 2.75) is 30.7 Å². The first-order valence-electron chi connectivity index (χ1n) is 8.19. The van der Waals surface area contributed by atoms with Gasteiger partial charge in [0.15, 0.2) is 5.03 Å². The Kier molecular flexibility index (Phi) is 5.17. The molecule has 146 valence electrons. The number of carbonyl (C=O) groups excluding carboxylic acids is 1. The Morgan fingerprint density at radius 2 is 1.78 bits per heavy atom. The smallest absolute Gasteiger partial charge is 0.335 e. The molecule has 0 spiro atoms. The minimum Gasteiger partial charge on any atom is -0.481 e. The number of hydrogen-bond acceptors (Lipinski definition) is 8. The molecular formula is C15H20N6O5S. The summed E-state index contributed by atoms with van der Waals surface area (Å²) in [5.74, 6) is 0.146. The van der Waals surface area contributed by atoms with Crippen molar-refractivity contribution in [1.82, 2.24) is 24.5 Å². The summed E-state index contributed by atoms with van der Waals surface area (Å²) in [6.45, 7) is 0. The molecule has 2 amide bonds. The maximum atomic E-state index is 12.7. The first-order valence-corrected chi connectivity index (χ1v) is 9.68. The number of nitrogens with one attached hydrogen (secondary N) is 2. The van der Waals surface area contributed by atoms with E-state index in [1.54, 1.807) is 7.05 Å². The summed E-state index contributed by atoms with van der Waals surface area (Å²) in [5.41, 5.74) is 1.41. The molecule has 3 rings (SSSR count). The van der Waals surface area contributed by atoms with Gasteiger partial charge in [-0.25, -0.2) is 9.52 Å². The molecule has 2 N–H and O–H groups in total. The zero-order chi connectivity index (χ0) is 19.6. The van der Waals surface area contributed by atoms with Gasteiger partial charge in [0.2, 0.25) is 17.7 Å². The van der Waals surface area contributed by atoms with Crippen molar-refractivity contribution in [3.63, 3.8) is 0 Å². The summed E-state index contributed by atoms with van der Waals surface area (Å²) in [5, 5.41) is 6.53. The van der Waals surface area contributed by atoms with Crippen LogP contribution in [-0.4, -0.2) is 48.4 Å². The summed E-state index contributed by atoms with van der Waals surface area (Å²) in [4.78, 5) is 20.1. The van der Waals surface area contributed by atoms with Crippen LogP contribution < -0.4 is 19.5 Å². The minimum absolute atomic E-state index is 0.00325. The second kappa shape index (κ2) is 7.39. The third-order valence-corrected chi connectivity index (χ3v) is 5.54. The maximum Gasteiger partial charge on any atom is 0.335 e. The van der Waals surface area contributed by atoms with Crippen LogP contribution in [0.4, 0.5) is 10.7 Å². The number of fused-ring (bicyclic) bond motifs is 1. The molecule has 0 aliphatic heterocycles. The van der Waals surface area contributed by atoms with Gasteiger partial charge in [-0.3, -0.25) is 10.00 Å². The monoisotopic (exact) mass is 396 g/mol. The van der Waals surface area contributed by atoms with Crippen molar-refractivity contribution in [3.8, 4) is 11.8 Å². The van der Waals surface area contributed by atoms with Crippen LogP contribution in [0.3, 0.4) is 0 Å². The summed E-state index contributed by atoms with van der Waals surface area (Å²) < 4.78 is 38.6. The molecule has 27 heavy (non-hydrogen) atoms. The van der Waals surface area contributed by atoms with Crippen LogP contribution in [0.5, 0.6) is 11.8 Å².